The van der Waals surface area contributed by atoms with Crippen LogP contribution in [0.1, 0.15) is 46.3 Å². The van der Waals surface area contributed by atoms with Crippen LogP contribution in [0.2, 0.25) is 0 Å². The molecule has 158 valence electrons. The highest BCUT2D eigenvalue weighted by Crippen LogP contribution is 2.55. The van der Waals surface area contributed by atoms with E-state index in [1.165, 1.54) is 22.3 Å². The van der Waals surface area contributed by atoms with Crippen molar-refractivity contribution in [1.29, 1.82) is 0 Å². The first kappa shape index (κ1) is 19.4. The molecular formula is C25H25N3O3. The van der Waals surface area contributed by atoms with Crippen LogP contribution < -0.4 is 16.0 Å². The van der Waals surface area contributed by atoms with Gasteiger partial charge in [0.25, 0.3) is 0 Å². The molecule has 1 unspecified atom stereocenters. The summed E-state index contributed by atoms with van der Waals surface area (Å²) < 4.78 is 5.17. The molecule has 6 nitrogen and oxygen atoms in total. The summed E-state index contributed by atoms with van der Waals surface area (Å²) in [5.41, 5.74) is 5.60. The number of nitrogens with one attached hydrogen (secondary N) is 3. The molecule has 1 atom stereocenters. The third-order valence-electron chi connectivity index (χ3n) is 6.40. The van der Waals surface area contributed by atoms with E-state index in [9.17, 15) is 9.59 Å². The highest BCUT2D eigenvalue weighted by atomic mass is 16.3. The van der Waals surface area contributed by atoms with Crippen molar-refractivity contribution < 1.29 is 14.0 Å². The lowest BCUT2D eigenvalue weighted by molar-refractivity contribution is -0.120. The van der Waals surface area contributed by atoms with Crippen molar-refractivity contribution in [3.63, 3.8) is 0 Å². The maximum Gasteiger partial charge on any atom is 0.315 e. The van der Waals surface area contributed by atoms with Crippen LogP contribution in [0.5, 0.6) is 0 Å². The molecule has 3 aliphatic rings. The Bertz CT molecular complexity index is 1050. The topological polar surface area (TPSA) is 83.4 Å². The van der Waals surface area contributed by atoms with Crippen molar-refractivity contribution in [3.8, 4) is 0 Å². The van der Waals surface area contributed by atoms with Crippen LogP contribution in [0.15, 0.2) is 71.3 Å². The molecule has 0 radical (unpaired) electrons. The van der Waals surface area contributed by atoms with Crippen molar-refractivity contribution >= 4 is 11.9 Å². The van der Waals surface area contributed by atoms with Gasteiger partial charge >= 0.3 is 6.03 Å². The van der Waals surface area contributed by atoms with E-state index in [0.29, 0.717) is 30.1 Å². The lowest BCUT2D eigenvalue weighted by atomic mass is 9.59. The molecule has 2 aromatic carbocycles. The molecule has 0 saturated heterocycles. The second kappa shape index (κ2) is 8.30. The Labute approximate surface area is 181 Å². The molecule has 1 aromatic heterocycles. The number of carbonyl (C=O) groups excluding carboxylic acids is 2. The van der Waals surface area contributed by atoms with Gasteiger partial charge in [-0.3, -0.25) is 4.79 Å². The Balaban J connectivity index is 1.18. The molecule has 6 heteroatoms. The average molecular weight is 415 g/mol. The van der Waals surface area contributed by atoms with Gasteiger partial charge in [0.2, 0.25) is 5.91 Å². The van der Waals surface area contributed by atoms with Gasteiger partial charge in [0.15, 0.2) is 0 Å². The molecule has 3 amide bonds. The zero-order valence-electron chi connectivity index (χ0n) is 17.1. The maximum absolute atomic E-state index is 12.3. The molecule has 0 fully saturated rings. The normalized spacial score (nSPS) is 20.5. The van der Waals surface area contributed by atoms with Gasteiger partial charge < -0.3 is 20.4 Å². The fourth-order valence-electron chi connectivity index (χ4n) is 5.07. The van der Waals surface area contributed by atoms with E-state index in [1.807, 2.05) is 0 Å². The van der Waals surface area contributed by atoms with E-state index < -0.39 is 6.03 Å². The molecule has 0 saturated carbocycles. The van der Waals surface area contributed by atoms with Crippen molar-refractivity contribution in [3.05, 3.63) is 94.9 Å². The molecule has 6 rings (SSSR count). The number of benzene rings is 2. The van der Waals surface area contributed by atoms with Crippen LogP contribution in [0.4, 0.5) is 4.79 Å². The molecular weight excluding hydrogens is 390 g/mol. The number of carbonyl (C=O) groups is 2. The van der Waals surface area contributed by atoms with Crippen molar-refractivity contribution in [1.82, 2.24) is 16.0 Å². The number of amides is 3. The third kappa shape index (κ3) is 3.81. The summed E-state index contributed by atoms with van der Waals surface area (Å²) in [5, 5.41) is 8.28. The van der Waals surface area contributed by atoms with E-state index in [4.69, 9.17) is 4.42 Å². The third-order valence-corrected chi connectivity index (χ3v) is 6.40. The smallest absolute Gasteiger partial charge is 0.315 e. The van der Waals surface area contributed by atoms with Gasteiger partial charge in [-0.2, -0.15) is 0 Å². The van der Waals surface area contributed by atoms with E-state index in [2.05, 4.69) is 64.5 Å². The summed E-state index contributed by atoms with van der Waals surface area (Å²) >= 11 is 0. The number of rotatable bonds is 6. The predicted molar refractivity (Wildman–Crippen MR) is 117 cm³/mol. The summed E-state index contributed by atoms with van der Waals surface area (Å²) in [7, 11) is 0. The molecule has 2 bridgehead atoms. The second-order valence-corrected chi connectivity index (χ2v) is 8.20. The Morgan fingerprint density at radius 2 is 1.52 bits per heavy atom. The van der Waals surface area contributed by atoms with Crippen LogP contribution in [-0.2, 0) is 11.3 Å². The zero-order chi connectivity index (χ0) is 21.2. The van der Waals surface area contributed by atoms with Crippen LogP contribution in [0.3, 0.4) is 0 Å². The number of fused-ring (bicyclic) bond motifs is 1. The van der Waals surface area contributed by atoms with Crippen molar-refractivity contribution in [2.45, 2.75) is 24.8 Å². The number of hydrogen-bond donors (Lipinski definition) is 3. The Morgan fingerprint density at radius 1 is 0.839 bits per heavy atom. The molecule has 0 aliphatic heterocycles. The first-order valence-electron chi connectivity index (χ1n) is 10.7. The number of hydrogen-bond acceptors (Lipinski definition) is 3. The van der Waals surface area contributed by atoms with E-state index in [0.717, 1.165) is 6.42 Å². The Hall–Kier alpha value is -3.54. The quantitative estimate of drug-likeness (QED) is 0.576. The van der Waals surface area contributed by atoms with Crippen LogP contribution in [0, 0.1) is 5.92 Å². The number of furan rings is 1. The first-order chi connectivity index (χ1) is 15.2. The van der Waals surface area contributed by atoms with Gasteiger partial charge in [-0.05, 0) is 46.7 Å². The van der Waals surface area contributed by atoms with Gasteiger partial charge in [-0.25, -0.2) is 4.79 Å². The highest BCUT2D eigenvalue weighted by Gasteiger charge is 2.42. The van der Waals surface area contributed by atoms with Crippen molar-refractivity contribution in [2.75, 3.05) is 13.1 Å². The van der Waals surface area contributed by atoms with Crippen molar-refractivity contribution in [2.24, 2.45) is 5.92 Å². The maximum atomic E-state index is 12.3. The van der Waals surface area contributed by atoms with Gasteiger partial charge in [0.1, 0.15) is 5.76 Å². The van der Waals surface area contributed by atoms with Crippen LogP contribution in [-0.4, -0.2) is 25.0 Å². The standard InChI is InChI=1S/C25H25N3O3/c29-23(15-28-25(30)27-14-17-6-5-11-31-17)26-13-16-12-22-18-7-1-3-9-20(18)24(16)21-10-4-2-8-19(21)22/h1-11,16,22,24H,12-15H2,(H,26,29)(H2,27,28,30). The molecule has 3 aliphatic carbocycles. The summed E-state index contributed by atoms with van der Waals surface area (Å²) in [5.74, 6) is 1.49. The van der Waals surface area contributed by atoms with Crippen LogP contribution in [0.25, 0.3) is 0 Å². The molecule has 0 spiro atoms. The molecule has 3 N–H and O–H groups in total. The van der Waals surface area contributed by atoms with Gasteiger partial charge in [-0.1, -0.05) is 48.5 Å². The molecule has 31 heavy (non-hydrogen) atoms. The average Bonchev–Trinajstić information content (AvgIpc) is 3.34. The lowest BCUT2D eigenvalue weighted by Crippen LogP contribution is -2.44. The van der Waals surface area contributed by atoms with Crippen LogP contribution >= 0.6 is 0 Å². The largest absolute Gasteiger partial charge is 0.467 e. The predicted octanol–water partition coefficient (Wildman–Crippen LogP) is 3.49. The van der Waals surface area contributed by atoms with E-state index in [1.54, 1.807) is 18.4 Å². The fourth-order valence-corrected chi connectivity index (χ4v) is 5.07. The second-order valence-electron chi connectivity index (χ2n) is 8.20. The molecule has 1 heterocycles. The molecule has 3 aromatic rings. The summed E-state index contributed by atoms with van der Waals surface area (Å²) in [6.07, 6.45) is 2.58. The number of urea groups is 1. The Morgan fingerprint density at radius 3 is 2.16 bits per heavy atom. The highest BCUT2D eigenvalue weighted by molar-refractivity contribution is 5.83. The minimum absolute atomic E-state index is 0.0576. The van der Waals surface area contributed by atoms with E-state index >= 15 is 0 Å². The lowest BCUT2D eigenvalue weighted by Gasteiger charge is -2.45. The summed E-state index contributed by atoms with van der Waals surface area (Å²) in [6.45, 7) is 0.820. The summed E-state index contributed by atoms with van der Waals surface area (Å²) in [6, 6.07) is 20.5. The minimum atomic E-state index is -0.397. The zero-order valence-corrected chi connectivity index (χ0v) is 17.1. The van der Waals surface area contributed by atoms with Gasteiger partial charge in [-0.15, -0.1) is 0 Å². The van der Waals surface area contributed by atoms with Gasteiger partial charge in [0.05, 0.1) is 19.4 Å². The minimum Gasteiger partial charge on any atom is -0.467 e. The van der Waals surface area contributed by atoms with E-state index in [-0.39, 0.29) is 19.0 Å². The first-order valence-corrected chi connectivity index (χ1v) is 10.7. The SMILES string of the molecule is O=C(CNC(=O)NCc1ccco1)NCC1CC2c3ccccc3C1c1ccccc12. The van der Waals surface area contributed by atoms with Gasteiger partial charge in [0, 0.05) is 18.4 Å². The fraction of sp³-hybridized carbons (Fsp3) is 0.280. The monoisotopic (exact) mass is 415 g/mol. The summed E-state index contributed by atoms with van der Waals surface area (Å²) in [4.78, 5) is 24.2. The Kier molecular flexibility index (Phi) is 5.20.